The molecule has 2 heterocycles. The highest BCUT2D eigenvalue weighted by molar-refractivity contribution is 14.1. The van der Waals surface area contributed by atoms with Gasteiger partial charge in [0, 0.05) is 24.2 Å². The summed E-state index contributed by atoms with van der Waals surface area (Å²) < 4.78 is 2.97. The van der Waals surface area contributed by atoms with Crippen molar-refractivity contribution in [3.63, 3.8) is 0 Å². The standard InChI is InChI=1S/C14H15IN2OS/c1-17-8-9(5-6-14(17)18)16-11-3-2-4-12-10(11)7-13(15)19-12/h5-8,11,16H,2-4H2,1H3. The monoisotopic (exact) mass is 386 g/mol. The van der Waals surface area contributed by atoms with Gasteiger partial charge in [-0.05, 0) is 59.5 Å². The Morgan fingerprint density at radius 2 is 2.32 bits per heavy atom. The van der Waals surface area contributed by atoms with Crippen LogP contribution in [0.3, 0.4) is 0 Å². The zero-order chi connectivity index (χ0) is 13.4. The largest absolute Gasteiger partial charge is 0.377 e. The van der Waals surface area contributed by atoms with Crippen LogP contribution in [0.25, 0.3) is 0 Å². The molecule has 1 unspecified atom stereocenters. The van der Waals surface area contributed by atoms with Gasteiger partial charge in [-0.1, -0.05) is 0 Å². The van der Waals surface area contributed by atoms with Crippen molar-refractivity contribution in [2.24, 2.45) is 7.05 Å². The van der Waals surface area contributed by atoms with E-state index >= 15 is 0 Å². The number of hydrogen-bond donors (Lipinski definition) is 1. The summed E-state index contributed by atoms with van der Waals surface area (Å²) in [5.41, 5.74) is 2.48. The first-order chi connectivity index (χ1) is 9.13. The molecule has 0 fully saturated rings. The zero-order valence-electron chi connectivity index (χ0n) is 10.6. The third kappa shape index (κ3) is 2.72. The van der Waals surface area contributed by atoms with Crippen LogP contribution in [-0.4, -0.2) is 4.57 Å². The Balaban J connectivity index is 1.88. The van der Waals surface area contributed by atoms with Crippen LogP contribution >= 0.6 is 33.9 Å². The van der Waals surface area contributed by atoms with Crippen LogP contribution in [0.4, 0.5) is 5.69 Å². The molecule has 0 spiro atoms. The third-order valence-corrected chi connectivity index (χ3v) is 5.48. The number of thiophene rings is 1. The average Bonchev–Trinajstić information content (AvgIpc) is 2.75. The minimum atomic E-state index is 0.0277. The van der Waals surface area contributed by atoms with Gasteiger partial charge in [0.05, 0.1) is 14.6 Å². The molecule has 2 aromatic rings. The van der Waals surface area contributed by atoms with Crippen LogP contribution in [0.15, 0.2) is 29.2 Å². The molecule has 2 aromatic heterocycles. The van der Waals surface area contributed by atoms with Gasteiger partial charge in [-0.2, -0.15) is 0 Å². The first kappa shape index (κ1) is 13.2. The summed E-state index contributed by atoms with van der Waals surface area (Å²) in [4.78, 5) is 12.9. The van der Waals surface area contributed by atoms with E-state index in [9.17, 15) is 4.79 Å². The van der Waals surface area contributed by atoms with Gasteiger partial charge in [-0.15, -0.1) is 11.3 Å². The highest BCUT2D eigenvalue weighted by Crippen LogP contribution is 2.37. The number of rotatable bonds is 2. The highest BCUT2D eigenvalue weighted by atomic mass is 127. The smallest absolute Gasteiger partial charge is 0.250 e. The topological polar surface area (TPSA) is 34.0 Å². The lowest BCUT2D eigenvalue weighted by atomic mass is 9.94. The van der Waals surface area contributed by atoms with Crippen LogP contribution in [0.2, 0.25) is 0 Å². The number of pyridine rings is 1. The number of nitrogens with zero attached hydrogens (tertiary/aromatic N) is 1. The second-order valence-corrected chi connectivity index (χ2v) is 7.92. The molecule has 3 nitrogen and oxygen atoms in total. The molecule has 0 saturated heterocycles. The van der Waals surface area contributed by atoms with E-state index in [-0.39, 0.29) is 5.56 Å². The van der Waals surface area contributed by atoms with Gasteiger partial charge < -0.3 is 9.88 Å². The number of anilines is 1. The van der Waals surface area contributed by atoms with Crippen LogP contribution in [0, 0.1) is 2.88 Å². The minimum absolute atomic E-state index is 0.0277. The van der Waals surface area contributed by atoms with E-state index < -0.39 is 0 Å². The fourth-order valence-corrected chi connectivity index (χ4v) is 4.67. The second-order valence-electron chi connectivity index (χ2n) is 4.89. The quantitative estimate of drug-likeness (QED) is 0.802. The lowest BCUT2D eigenvalue weighted by Gasteiger charge is -2.24. The number of fused-ring (bicyclic) bond motifs is 1. The lowest BCUT2D eigenvalue weighted by molar-refractivity contribution is 0.608. The number of aryl methyl sites for hydroxylation is 2. The molecular weight excluding hydrogens is 371 g/mol. The molecule has 19 heavy (non-hydrogen) atoms. The summed E-state index contributed by atoms with van der Waals surface area (Å²) in [6, 6.07) is 6.15. The molecule has 100 valence electrons. The van der Waals surface area contributed by atoms with Crippen LogP contribution in [0.5, 0.6) is 0 Å². The van der Waals surface area contributed by atoms with Crippen LogP contribution in [0.1, 0.15) is 29.3 Å². The maximum absolute atomic E-state index is 11.4. The van der Waals surface area contributed by atoms with E-state index in [0.29, 0.717) is 6.04 Å². The van der Waals surface area contributed by atoms with Gasteiger partial charge in [0.15, 0.2) is 0 Å². The van der Waals surface area contributed by atoms with Crippen molar-refractivity contribution in [2.75, 3.05) is 5.32 Å². The highest BCUT2D eigenvalue weighted by Gasteiger charge is 2.22. The van der Waals surface area contributed by atoms with Gasteiger partial charge in [0.25, 0.3) is 0 Å². The van der Waals surface area contributed by atoms with Gasteiger partial charge in [0.1, 0.15) is 0 Å². The summed E-state index contributed by atoms with van der Waals surface area (Å²) in [5.74, 6) is 0. The molecule has 0 amide bonds. The van der Waals surface area contributed by atoms with Gasteiger partial charge in [-0.3, -0.25) is 4.79 Å². The summed E-state index contributed by atoms with van der Waals surface area (Å²) in [6.45, 7) is 0. The number of nitrogens with one attached hydrogen (secondary N) is 1. The van der Waals surface area contributed by atoms with Crippen molar-refractivity contribution in [2.45, 2.75) is 25.3 Å². The van der Waals surface area contributed by atoms with E-state index in [0.717, 1.165) is 12.1 Å². The summed E-state index contributed by atoms with van der Waals surface area (Å²) in [7, 11) is 1.79. The van der Waals surface area contributed by atoms with E-state index in [4.69, 9.17) is 0 Å². The summed E-state index contributed by atoms with van der Waals surface area (Å²) in [5, 5.41) is 3.56. The number of hydrogen-bond acceptors (Lipinski definition) is 3. The van der Waals surface area contributed by atoms with Crippen molar-refractivity contribution in [3.05, 3.63) is 48.1 Å². The van der Waals surface area contributed by atoms with E-state index in [1.807, 2.05) is 23.6 Å². The molecular formula is C14H15IN2OS. The fourth-order valence-electron chi connectivity index (χ4n) is 2.55. The van der Waals surface area contributed by atoms with Crippen LogP contribution < -0.4 is 10.9 Å². The van der Waals surface area contributed by atoms with Crippen molar-refractivity contribution >= 4 is 39.6 Å². The Bertz CT molecular complexity index is 662. The second kappa shape index (κ2) is 5.28. The number of aromatic nitrogens is 1. The predicted octanol–water partition coefficient (Wildman–Crippen LogP) is 3.54. The molecule has 5 heteroatoms. The molecule has 0 aromatic carbocycles. The first-order valence-electron chi connectivity index (χ1n) is 6.35. The fraction of sp³-hybridized carbons (Fsp3) is 0.357. The minimum Gasteiger partial charge on any atom is -0.377 e. The maximum Gasteiger partial charge on any atom is 0.250 e. The summed E-state index contributed by atoms with van der Waals surface area (Å²) in [6.07, 6.45) is 5.46. The summed E-state index contributed by atoms with van der Waals surface area (Å²) >= 11 is 4.30. The Morgan fingerprint density at radius 3 is 3.11 bits per heavy atom. The molecule has 3 rings (SSSR count). The average molecular weight is 386 g/mol. The molecule has 0 bridgehead atoms. The van der Waals surface area contributed by atoms with Crippen LogP contribution in [-0.2, 0) is 13.5 Å². The Kier molecular flexibility index (Phi) is 3.66. The number of halogens is 1. The Hall–Kier alpha value is -0.820. The van der Waals surface area contributed by atoms with Crippen molar-refractivity contribution in [1.29, 1.82) is 0 Å². The molecule has 1 atom stereocenters. The SMILES string of the molecule is Cn1cc(NC2CCCc3sc(I)cc32)ccc1=O. The molecule has 1 N–H and O–H groups in total. The van der Waals surface area contributed by atoms with Gasteiger partial charge >= 0.3 is 0 Å². The third-order valence-electron chi connectivity index (χ3n) is 3.51. The van der Waals surface area contributed by atoms with Crippen molar-refractivity contribution in [1.82, 2.24) is 4.57 Å². The first-order valence-corrected chi connectivity index (χ1v) is 8.24. The Labute approximate surface area is 129 Å². The molecule has 0 radical (unpaired) electrons. The predicted molar refractivity (Wildman–Crippen MR) is 88.0 cm³/mol. The van der Waals surface area contributed by atoms with Crippen molar-refractivity contribution in [3.8, 4) is 0 Å². The molecule has 1 aliphatic rings. The maximum atomic E-state index is 11.4. The lowest BCUT2D eigenvalue weighted by Crippen LogP contribution is -2.19. The zero-order valence-corrected chi connectivity index (χ0v) is 13.6. The molecule has 1 aliphatic carbocycles. The van der Waals surface area contributed by atoms with E-state index in [1.54, 1.807) is 17.7 Å². The van der Waals surface area contributed by atoms with E-state index in [2.05, 4.69) is 34.0 Å². The normalized spacial score (nSPS) is 18.1. The van der Waals surface area contributed by atoms with Gasteiger partial charge in [-0.25, -0.2) is 0 Å². The molecule has 0 saturated carbocycles. The molecule has 0 aliphatic heterocycles. The van der Waals surface area contributed by atoms with Gasteiger partial charge in [0.2, 0.25) is 5.56 Å². The van der Waals surface area contributed by atoms with Crippen molar-refractivity contribution < 1.29 is 0 Å². The van der Waals surface area contributed by atoms with E-state index in [1.165, 1.54) is 26.2 Å². The Morgan fingerprint density at radius 1 is 1.47 bits per heavy atom.